The summed E-state index contributed by atoms with van der Waals surface area (Å²) < 4.78 is 8.21. The van der Waals surface area contributed by atoms with E-state index < -0.39 is 0 Å². The topological polar surface area (TPSA) is 33.5 Å². The maximum Gasteiger partial charge on any atom is 0.0983 e. The van der Waals surface area contributed by atoms with E-state index >= 15 is 0 Å². The standard InChI is InChI=1S/C19H26N4O/c1-21-13-17(12-20-21)14-22-10-11-24-19(15-22)8-5-9-23(16-19)18-6-3-2-4-7-18/h2-4,6-7,12-13H,5,8-11,14-16H2,1H3/t19-/m1/s1. The molecule has 0 bridgehead atoms. The Labute approximate surface area is 143 Å². The van der Waals surface area contributed by atoms with Crippen LogP contribution >= 0.6 is 0 Å². The molecule has 0 amide bonds. The molecular formula is C19H26N4O. The minimum atomic E-state index is -0.0332. The Bertz CT molecular complexity index is 667. The molecular weight excluding hydrogens is 300 g/mol. The highest BCUT2D eigenvalue weighted by Crippen LogP contribution is 2.32. The van der Waals surface area contributed by atoms with Crippen LogP contribution < -0.4 is 4.90 Å². The van der Waals surface area contributed by atoms with Crippen molar-refractivity contribution in [3.63, 3.8) is 0 Å². The van der Waals surface area contributed by atoms with Crippen LogP contribution in [0.1, 0.15) is 18.4 Å². The number of morpholine rings is 1. The van der Waals surface area contributed by atoms with Gasteiger partial charge < -0.3 is 9.64 Å². The Morgan fingerprint density at radius 2 is 2.04 bits per heavy atom. The molecule has 2 saturated heterocycles. The van der Waals surface area contributed by atoms with Gasteiger partial charge in [-0.1, -0.05) is 18.2 Å². The molecule has 0 aliphatic carbocycles. The van der Waals surface area contributed by atoms with Crippen molar-refractivity contribution < 1.29 is 4.74 Å². The van der Waals surface area contributed by atoms with E-state index in [9.17, 15) is 0 Å². The lowest BCUT2D eigenvalue weighted by atomic mass is 9.90. The predicted molar refractivity (Wildman–Crippen MR) is 95.1 cm³/mol. The summed E-state index contributed by atoms with van der Waals surface area (Å²) in [4.78, 5) is 5.01. The van der Waals surface area contributed by atoms with Gasteiger partial charge in [0.05, 0.1) is 18.4 Å². The van der Waals surface area contributed by atoms with Crippen LogP contribution in [0, 0.1) is 0 Å². The van der Waals surface area contributed by atoms with Crippen molar-refractivity contribution in [3.8, 4) is 0 Å². The molecule has 1 atom stereocenters. The second kappa shape index (κ2) is 6.57. The average molecular weight is 326 g/mol. The molecule has 1 spiro atoms. The van der Waals surface area contributed by atoms with Crippen molar-refractivity contribution >= 4 is 5.69 Å². The van der Waals surface area contributed by atoms with E-state index in [1.54, 1.807) is 0 Å². The van der Waals surface area contributed by atoms with Gasteiger partial charge in [0.1, 0.15) is 0 Å². The number of rotatable bonds is 3. The number of nitrogens with zero attached hydrogens (tertiary/aromatic N) is 4. The van der Waals surface area contributed by atoms with Gasteiger partial charge >= 0.3 is 0 Å². The summed E-state index contributed by atoms with van der Waals surface area (Å²) in [5, 5.41) is 4.29. The quantitative estimate of drug-likeness (QED) is 0.867. The highest BCUT2D eigenvalue weighted by atomic mass is 16.5. The maximum atomic E-state index is 6.33. The largest absolute Gasteiger partial charge is 0.370 e. The number of benzene rings is 1. The molecule has 0 radical (unpaired) electrons. The second-order valence-electron chi connectivity index (χ2n) is 7.13. The van der Waals surface area contributed by atoms with Crippen molar-refractivity contribution in [3.05, 3.63) is 48.3 Å². The fraction of sp³-hybridized carbons (Fsp3) is 0.526. The fourth-order valence-electron chi connectivity index (χ4n) is 4.07. The molecule has 2 aliphatic rings. The van der Waals surface area contributed by atoms with Crippen molar-refractivity contribution in [2.24, 2.45) is 7.05 Å². The molecule has 5 heteroatoms. The number of para-hydroxylation sites is 1. The van der Waals surface area contributed by atoms with Gasteiger partial charge in [-0.05, 0) is 25.0 Å². The van der Waals surface area contributed by atoms with Crippen molar-refractivity contribution in [2.75, 3.05) is 37.7 Å². The molecule has 3 heterocycles. The van der Waals surface area contributed by atoms with Crippen LogP contribution in [0.3, 0.4) is 0 Å². The number of ether oxygens (including phenoxy) is 1. The number of hydrogen-bond acceptors (Lipinski definition) is 4. The van der Waals surface area contributed by atoms with Crippen LogP contribution in [-0.4, -0.2) is 53.1 Å². The molecule has 0 unspecified atom stereocenters. The molecule has 2 aromatic rings. The van der Waals surface area contributed by atoms with E-state index in [1.807, 2.05) is 17.9 Å². The molecule has 0 saturated carbocycles. The van der Waals surface area contributed by atoms with E-state index in [0.717, 1.165) is 45.8 Å². The zero-order valence-electron chi connectivity index (χ0n) is 14.4. The summed E-state index contributed by atoms with van der Waals surface area (Å²) in [5.74, 6) is 0. The minimum Gasteiger partial charge on any atom is -0.370 e. The van der Waals surface area contributed by atoms with E-state index in [1.165, 1.54) is 17.7 Å². The Morgan fingerprint density at radius 1 is 1.17 bits per heavy atom. The summed E-state index contributed by atoms with van der Waals surface area (Å²) in [6.07, 6.45) is 6.42. The van der Waals surface area contributed by atoms with Crippen molar-refractivity contribution in [1.82, 2.24) is 14.7 Å². The zero-order valence-corrected chi connectivity index (χ0v) is 14.4. The number of aryl methyl sites for hydroxylation is 1. The summed E-state index contributed by atoms with van der Waals surface area (Å²) in [5.41, 5.74) is 2.56. The van der Waals surface area contributed by atoms with Gasteiger partial charge in [0.15, 0.2) is 0 Å². The van der Waals surface area contributed by atoms with Crippen LogP contribution in [0.2, 0.25) is 0 Å². The van der Waals surface area contributed by atoms with Crippen LogP contribution in [0.4, 0.5) is 5.69 Å². The lowest BCUT2D eigenvalue weighted by molar-refractivity contribution is -0.116. The Balaban J connectivity index is 1.45. The van der Waals surface area contributed by atoms with Gasteiger partial charge in [-0.3, -0.25) is 9.58 Å². The number of anilines is 1. The molecule has 128 valence electrons. The van der Waals surface area contributed by atoms with Gasteiger partial charge in [-0.25, -0.2) is 0 Å². The Morgan fingerprint density at radius 3 is 2.83 bits per heavy atom. The van der Waals surface area contributed by atoms with Gasteiger partial charge in [-0.15, -0.1) is 0 Å². The normalized spacial score (nSPS) is 25.3. The molecule has 0 N–H and O–H groups in total. The van der Waals surface area contributed by atoms with Crippen LogP contribution in [-0.2, 0) is 18.3 Å². The summed E-state index contributed by atoms with van der Waals surface area (Å²) in [6.45, 7) is 5.90. The van der Waals surface area contributed by atoms with E-state index in [-0.39, 0.29) is 5.60 Å². The maximum absolute atomic E-state index is 6.33. The van der Waals surface area contributed by atoms with Crippen molar-refractivity contribution in [1.29, 1.82) is 0 Å². The highest BCUT2D eigenvalue weighted by molar-refractivity contribution is 5.47. The predicted octanol–water partition coefficient (Wildman–Crippen LogP) is 2.29. The molecule has 4 rings (SSSR count). The first-order chi connectivity index (χ1) is 11.7. The van der Waals surface area contributed by atoms with E-state index in [2.05, 4.69) is 51.4 Å². The van der Waals surface area contributed by atoms with Crippen LogP contribution in [0.15, 0.2) is 42.7 Å². The zero-order chi connectivity index (χ0) is 16.4. The fourth-order valence-corrected chi connectivity index (χ4v) is 4.07. The molecule has 24 heavy (non-hydrogen) atoms. The lowest BCUT2D eigenvalue weighted by Gasteiger charge is -2.48. The summed E-state index contributed by atoms with van der Waals surface area (Å²) in [7, 11) is 1.98. The monoisotopic (exact) mass is 326 g/mol. The first-order valence-corrected chi connectivity index (χ1v) is 8.86. The molecule has 1 aromatic heterocycles. The van der Waals surface area contributed by atoms with Crippen LogP contribution in [0.25, 0.3) is 0 Å². The highest BCUT2D eigenvalue weighted by Gasteiger charge is 2.40. The molecule has 2 aliphatic heterocycles. The van der Waals surface area contributed by atoms with Gasteiger partial charge in [0, 0.05) is 57.2 Å². The third-order valence-corrected chi connectivity index (χ3v) is 5.15. The summed E-state index contributed by atoms with van der Waals surface area (Å²) >= 11 is 0. The average Bonchev–Trinajstić information content (AvgIpc) is 3.01. The van der Waals surface area contributed by atoms with Gasteiger partial charge in [-0.2, -0.15) is 5.10 Å². The second-order valence-corrected chi connectivity index (χ2v) is 7.13. The number of piperidine rings is 1. The van der Waals surface area contributed by atoms with E-state index in [4.69, 9.17) is 4.74 Å². The number of hydrogen-bond donors (Lipinski definition) is 0. The SMILES string of the molecule is Cn1cc(CN2CCO[C@]3(CCCN(c4ccccc4)C3)C2)cn1. The van der Waals surface area contributed by atoms with E-state index in [0.29, 0.717) is 0 Å². The van der Waals surface area contributed by atoms with Gasteiger partial charge in [0.25, 0.3) is 0 Å². The minimum absolute atomic E-state index is 0.0332. The smallest absolute Gasteiger partial charge is 0.0983 e. The lowest BCUT2D eigenvalue weighted by Crippen LogP contribution is -2.59. The third-order valence-electron chi connectivity index (χ3n) is 5.15. The first-order valence-electron chi connectivity index (χ1n) is 8.86. The Kier molecular flexibility index (Phi) is 4.29. The van der Waals surface area contributed by atoms with Crippen LogP contribution in [0.5, 0.6) is 0 Å². The van der Waals surface area contributed by atoms with Crippen molar-refractivity contribution in [2.45, 2.75) is 25.0 Å². The third kappa shape index (κ3) is 3.32. The summed E-state index contributed by atoms with van der Waals surface area (Å²) in [6, 6.07) is 10.7. The molecule has 2 fully saturated rings. The molecule has 1 aromatic carbocycles. The number of aromatic nitrogens is 2. The van der Waals surface area contributed by atoms with Gasteiger partial charge in [0.2, 0.25) is 0 Å². The Hall–Kier alpha value is -1.85. The first kappa shape index (κ1) is 15.7. The molecule has 5 nitrogen and oxygen atoms in total.